The van der Waals surface area contributed by atoms with Crippen LogP contribution in [0.4, 0.5) is 0 Å². The number of benzene rings is 3. The third-order valence-electron chi connectivity index (χ3n) is 6.56. The van der Waals surface area contributed by atoms with Crippen LogP contribution in [0.1, 0.15) is 63.5 Å². The second-order valence-electron chi connectivity index (χ2n) is 9.62. The molecule has 0 radical (unpaired) electrons. The average molecular weight is 380 g/mol. The zero-order chi connectivity index (χ0) is 20.0. The molecule has 1 heteroatoms. The minimum atomic E-state index is 0.0792. The fraction of sp³-hybridized carbons (Fsp3) is 0.321. The van der Waals surface area contributed by atoms with Crippen molar-refractivity contribution in [2.75, 3.05) is 0 Å². The van der Waals surface area contributed by atoms with Gasteiger partial charge in [0.05, 0.1) is 5.69 Å². The topological polar surface area (TPSA) is 12.9 Å². The molecule has 1 nitrogen and oxygen atoms in total. The van der Waals surface area contributed by atoms with Crippen molar-refractivity contribution in [1.29, 1.82) is 0 Å². The van der Waals surface area contributed by atoms with Crippen molar-refractivity contribution < 1.29 is 0 Å². The minimum Gasteiger partial charge on any atom is -0.256 e. The predicted octanol–water partition coefficient (Wildman–Crippen LogP) is 8.01. The van der Waals surface area contributed by atoms with Gasteiger partial charge in [0.2, 0.25) is 0 Å². The number of rotatable bonds is 2. The molecule has 0 atom stereocenters. The molecule has 0 N–H and O–H groups in total. The van der Waals surface area contributed by atoms with E-state index >= 15 is 0 Å². The highest BCUT2D eigenvalue weighted by Crippen LogP contribution is 2.38. The van der Waals surface area contributed by atoms with Gasteiger partial charge in [-0.3, -0.25) is 4.98 Å². The van der Waals surface area contributed by atoms with Crippen molar-refractivity contribution in [3.05, 3.63) is 78.0 Å². The first-order valence-electron chi connectivity index (χ1n) is 10.9. The maximum atomic E-state index is 4.83. The summed E-state index contributed by atoms with van der Waals surface area (Å²) < 4.78 is 0. The normalized spacial score (nSPS) is 15.4. The van der Waals surface area contributed by atoms with Gasteiger partial charge in [-0.1, -0.05) is 76.1 Å². The van der Waals surface area contributed by atoms with Crippen LogP contribution >= 0.6 is 0 Å². The smallest absolute Gasteiger partial charge is 0.0780 e. The summed E-state index contributed by atoms with van der Waals surface area (Å²) in [6.45, 7) is 6.88. The van der Waals surface area contributed by atoms with Gasteiger partial charge in [0, 0.05) is 17.1 Å². The predicted molar refractivity (Wildman–Crippen MR) is 125 cm³/mol. The van der Waals surface area contributed by atoms with Gasteiger partial charge in [-0.15, -0.1) is 0 Å². The zero-order valence-electron chi connectivity index (χ0n) is 17.7. The van der Waals surface area contributed by atoms with Crippen LogP contribution in [0, 0.1) is 0 Å². The number of nitrogens with zero attached hydrogens (tertiary/aromatic N) is 1. The number of pyridine rings is 1. The molecule has 0 saturated heterocycles. The van der Waals surface area contributed by atoms with E-state index in [1.165, 1.54) is 63.9 Å². The molecule has 1 heterocycles. The molecule has 1 saturated carbocycles. The van der Waals surface area contributed by atoms with Gasteiger partial charge in [0.25, 0.3) is 0 Å². The Kier molecular flexibility index (Phi) is 4.42. The second-order valence-corrected chi connectivity index (χ2v) is 9.62. The summed E-state index contributed by atoms with van der Waals surface area (Å²) in [5.41, 5.74) is 5.27. The van der Waals surface area contributed by atoms with Crippen molar-refractivity contribution in [3.63, 3.8) is 0 Å². The van der Waals surface area contributed by atoms with Crippen molar-refractivity contribution in [3.8, 4) is 11.3 Å². The Morgan fingerprint density at radius 2 is 1.55 bits per heavy atom. The second kappa shape index (κ2) is 6.99. The molecule has 0 unspecified atom stereocenters. The Morgan fingerprint density at radius 1 is 0.793 bits per heavy atom. The van der Waals surface area contributed by atoms with E-state index in [0.717, 1.165) is 11.6 Å². The molecule has 0 amide bonds. The highest BCUT2D eigenvalue weighted by atomic mass is 14.7. The molecular weight excluding hydrogens is 350 g/mol. The number of aromatic nitrogens is 1. The van der Waals surface area contributed by atoms with E-state index in [1.54, 1.807) is 0 Å². The Hall–Kier alpha value is -2.67. The molecule has 0 spiro atoms. The summed E-state index contributed by atoms with van der Waals surface area (Å²) in [5, 5.41) is 5.19. The number of hydrogen-bond donors (Lipinski definition) is 0. The summed E-state index contributed by atoms with van der Waals surface area (Å²) in [6.07, 6.45) is 7.39. The van der Waals surface area contributed by atoms with Crippen LogP contribution in [0.25, 0.3) is 32.8 Å². The first-order valence-corrected chi connectivity index (χ1v) is 10.9. The Labute approximate surface area is 173 Å². The molecule has 4 aromatic rings. The van der Waals surface area contributed by atoms with E-state index in [1.807, 2.05) is 6.20 Å². The highest BCUT2D eigenvalue weighted by Gasteiger charge is 2.20. The first kappa shape index (κ1) is 18.4. The summed E-state index contributed by atoms with van der Waals surface area (Å²) in [7, 11) is 0. The SMILES string of the molecule is CC(C)(C)c1cc(-c2nccc3cc(C4CCCC4)ccc23)cc2ccccc12. The van der Waals surface area contributed by atoms with Crippen molar-refractivity contribution in [2.45, 2.75) is 57.8 Å². The Balaban J connectivity index is 1.70. The van der Waals surface area contributed by atoms with Crippen LogP contribution < -0.4 is 0 Å². The molecule has 1 aliphatic rings. The maximum absolute atomic E-state index is 4.83. The van der Waals surface area contributed by atoms with Crippen LogP contribution in [0.5, 0.6) is 0 Å². The van der Waals surface area contributed by atoms with Gasteiger partial charge in [-0.05, 0) is 69.7 Å². The zero-order valence-corrected chi connectivity index (χ0v) is 17.7. The standard InChI is InChI=1S/C28H29N/c1-28(2,3)26-18-23(17-21-10-6-7-11-24(21)26)27-25-13-12-20(19-8-4-5-9-19)16-22(25)14-15-29-27/h6-7,10-19H,4-5,8-9H2,1-3H3. The third kappa shape index (κ3) is 3.33. The third-order valence-corrected chi connectivity index (χ3v) is 6.56. The van der Waals surface area contributed by atoms with Gasteiger partial charge in [0.15, 0.2) is 0 Å². The van der Waals surface area contributed by atoms with Crippen molar-refractivity contribution in [1.82, 2.24) is 4.98 Å². The number of fused-ring (bicyclic) bond motifs is 2. The van der Waals surface area contributed by atoms with Crippen LogP contribution in [0.3, 0.4) is 0 Å². The molecule has 3 aromatic carbocycles. The largest absolute Gasteiger partial charge is 0.256 e. The van der Waals surface area contributed by atoms with Crippen LogP contribution in [0.15, 0.2) is 66.9 Å². The maximum Gasteiger partial charge on any atom is 0.0780 e. The average Bonchev–Trinajstić information content (AvgIpc) is 3.26. The van der Waals surface area contributed by atoms with E-state index in [9.17, 15) is 0 Å². The molecule has 0 bridgehead atoms. The monoisotopic (exact) mass is 379 g/mol. The lowest BCUT2D eigenvalue weighted by atomic mass is 9.82. The lowest BCUT2D eigenvalue weighted by Crippen LogP contribution is -2.12. The van der Waals surface area contributed by atoms with E-state index in [0.29, 0.717) is 0 Å². The molecule has 5 rings (SSSR count). The van der Waals surface area contributed by atoms with Gasteiger partial charge >= 0.3 is 0 Å². The summed E-state index contributed by atoms with van der Waals surface area (Å²) in [6, 6.07) is 22.6. The Morgan fingerprint density at radius 3 is 2.34 bits per heavy atom. The molecule has 1 aliphatic carbocycles. The molecular formula is C28H29N. The molecule has 29 heavy (non-hydrogen) atoms. The van der Waals surface area contributed by atoms with Gasteiger partial charge in [-0.25, -0.2) is 0 Å². The fourth-order valence-corrected chi connectivity index (χ4v) is 5.01. The van der Waals surface area contributed by atoms with Crippen LogP contribution in [-0.2, 0) is 5.41 Å². The lowest BCUT2D eigenvalue weighted by Gasteiger charge is -2.23. The lowest BCUT2D eigenvalue weighted by molar-refractivity contribution is 0.596. The summed E-state index contributed by atoms with van der Waals surface area (Å²) >= 11 is 0. The molecule has 1 fully saturated rings. The highest BCUT2D eigenvalue weighted by molar-refractivity contribution is 5.98. The van der Waals surface area contributed by atoms with E-state index < -0.39 is 0 Å². The molecule has 1 aromatic heterocycles. The molecule has 0 aliphatic heterocycles. The van der Waals surface area contributed by atoms with Crippen LogP contribution in [0.2, 0.25) is 0 Å². The van der Waals surface area contributed by atoms with Gasteiger partial charge in [0.1, 0.15) is 0 Å². The van der Waals surface area contributed by atoms with Crippen molar-refractivity contribution >= 4 is 21.5 Å². The van der Waals surface area contributed by atoms with Crippen LogP contribution in [-0.4, -0.2) is 4.98 Å². The minimum absolute atomic E-state index is 0.0792. The summed E-state index contributed by atoms with van der Waals surface area (Å²) in [4.78, 5) is 4.83. The summed E-state index contributed by atoms with van der Waals surface area (Å²) in [5.74, 6) is 0.740. The Bertz CT molecular complexity index is 1190. The number of hydrogen-bond acceptors (Lipinski definition) is 1. The van der Waals surface area contributed by atoms with Gasteiger partial charge in [-0.2, -0.15) is 0 Å². The van der Waals surface area contributed by atoms with Crippen molar-refractivity contribution in [2.24, 2.45) is 0 Å². The molecule has 146 valence electrons. The van der Waals surface area contributed by atoms with E-state index in [4.69, 9.17) is 4.98 Å². The van der Waals surface area contributed by atoms with E-state index in [2.05, 4.69) is 81.4 Å². The van der Waals surface area contributed by atoms with E-state index in [-0.39, 0.29) is 5.41 Å². The fourth-order valence-electron chi connectivity index (χ4n) is 5.01. The first-order chi connectivity index (χ1) is 14.0. The quantitative estimate of drug-likeness (QED) is 0.344. The van der Waals surface area contributed by atoms with Gasteiger partial charge < -0.3 is 0 Å².